The summed E-state index contributed by atoms with van der Waals surface area (Å²) in [4.78, 5) is 12.6. The van der Waals surface area contributed by atoms with Crippen molar-refractivity contribution < 1.29 is 13.2 Å². The minimum absolute atomic E-state index is 0.0239. The Morgan fingerprint density at radius 2 is 1.72 bits per heavy atom. The number of amides is 1. The molecular formula is C21H18Cl2N2O3S. The number of nitrogens with one attached hydrogen (secondary N) is 2. The highest BCUT2D eigenvalue weighted by Crippen LogP contribution is 2.24. The lowest BCUT2D eigenvalue weighted by molar-refractivity contribution is 0.102. The number of anilines is 2. The molecular weight excluding hydrogens is 431 g/mol. The van der Waals surface area contributed by atoms with Crippen LogP contribution < -0.4 is 10.0 Å². The number of halogens is 2. The van der Waals surface area contributed by atoms with Crippen LogP contribution in [0.25, 0.3) is 0 Å². The number of carbonyl (C=O) groups is 1. The second-order valence-electron chi connectivity index (χ2n) is 6.38. The van der Waals surface area contributed by atoms with Crippen molar-refractivity contribution in [3.63, 3.8) is 0 Å². The average Bonchev–Trinajstić information content (AvgIpc) is 2.69. The van der Waals surface area contributed by atoms with E-state index in [1.807, 2.05) is 0 Å². The highest BCUT2D eigenvalue weighted by atomic mass is 35.5. The number of hydrogen-bond acceptors (Lipinski definition) is 3. The Morgan fingerprint density at radius 3 is 2.38 bits per heavy atom. The summed E-state index contributed by atoms with van der Waals surface area (Å²) >= 11 is 11.7. The van der Waals surface area contributed by atoms with E-state index in [0.29, 0.717) is 27.8 Å². The van der Waals surface area contributed by atoms with Gasteiger partial charge in [0.05, 0.1) is 10.6 Å². The molecule has 5 nitrogen and oxygen atoms in total. The SMILES string of the molecule is Cc1ccc(S(=O)(=O)Nc2cccc(Cl)c2)cc1NC(=O)c1ccc(CCl)cc1. The molecule has 0 unspecified atom stereocenters. The van der Waals surface area contributed by atoms with Gasteiger partial charge in [-0.1, -0.05) is 35.9 Å². The van der Waals surface area contributed by atoms with Crippen molar-refractivity contribution in [2.24, 2.45) is 0 Å². The normalized spacial score (nSPS) is 11.1. The van der Waals surface area contributed by atoms with Gasteiger partial charge in [0.1, 0.15) is 0 Å². The molecule has 0 bridgehead atoms. The van der Waals surface area contributed by atoms with Crippen LogP contribution in [0.1, 0.15) is 21.5 Å². The van der Waals surface area contributed by atoms with Gasteiger partial charge in [0.15, 0.2) is 0 Å². The maximum Gasteiger partial charge on any atom is 0.261 e. The summed E-state index contributed by atoms with van der Waals surface area (Å²) < 4.78 is 27.9. The smallest absolute Gasteiger partial charge is 0.261 e. The first-order chi connectivity index (χ1) is 13.8. The Kier molecular flexibility index (Phi) is 6.47. The first-order valence-corrected chi connectivity index (χ1v) is 11.0. The predicted molar refractivity (Wildman–Crippen MR) is 117 cm³/mol. The molecule has 1 amide bonds. The molecule has 0 aliphatic carbocycles. The lowest BCUT2D eigenvalue weighted by Crippen LogP contribution is -2.16. The van der Waals surface area contributed by atoms with E-state index < -0.39 is 10.0 Å². The zero-order chi connectivity index (χ0) is 21.0. The highest BCUT2D eigenvalue weighted by Gasteiger charge is 2.17. The van der Waals surface area contributed by atoms with E-state index in [2.05, 4.69) is 10.0 Å². The van der Waals surface area contributed by atoms with Crippen LogP contribution in [0.5, 0.6) is 0 Å². The van der Waals surface area contributed by atoms with Crippen LogP contribution in [0.2, 0.25) is 5.02 Å². The number of alkyl halides is 1. The molecule has 3 aromatic rings. The fourth-order valence-electron chi connectivity index (χ4n) is 2.61. The van der Waals surface area contributed by atoms with Crippen molar-refractivity contribution in [2.45, 2.75) is 17.7 Å². The molecule has 3 aromatic carbocycles. The molecule has 0 heterocycles. The van der Waals surface area contributed by atoms with Crippen molar-refractivity contribution in [3.8, 4) is 0 Å². The van der Waals surface area contributed by atoms with Crippen molar-refractivity contribution in [2.75, 3.05) is 10.0 Å². The van der Waals surface area contributed by atoms with Crippen LogP contribution in [0.3, 0.4) is 0 Å². The first-order valence-electron chi connectivity index (χ1n) is 8.64. The Bertz CT molecular complexity index is 1150. The number of hydrogen-bond donors (Lipinski definition) is 2. The van der Waals surface area contributed by atoms with Gasteiger partial charge in [-0.2, -0.15) is 0 Å². The molecule has 3 rings (SSSR count). The topological polar surface area (TPSA) is 75.3 Å². The first kappa shape index (κ1) is 21.2. The number of rotatable bonds is 6. The van der Waals surface area contributed by atoms with Gasteiger partial charge < -0.3 is 5.32 Å². The second-order valence-corrected chi connectivity index (χ2v) is 8.76. The second kappa shape index (κ2) is 8.86. The van der Waals surface area contributed by atoms with Crippen LogP contribution in [0, 0.1) is 6.92 Å². The minimum Gasteiger partial charge on any atom is -0.322 e. The van der Waals surface area contributed by atoms with Gasteiger partial charge in [-0.15, -0.1) is 11.6 Å². The van der Waals surface area contributed by atoms with Gasteiger partial charge in [-0.25, -0.2) is 8.42 Å². The lowest BCUT2D eigenvalue weighted by atomic mass is 10.1. The van der Waals surface area contributed by atoms with Crippen LogP contribution in [0.15, 0.2) is 71.6 Å². The Balaban J connectivity index is 1.84. The Hall–Kier alpha value is -2.54. The van der Waals surface area contributed by atoms with Crippen LogP contribution in [0.4, 0.5) is 11.4 Å². The van der Waals surface area contributed by atoms with Gasteiger partial charge in [-0.05, 0) is 60.5 Å². The summed E-state index contributed by atoms with van der Waals surface area (Å²) in [6, 6.07) is 17.8. The van der Waals surface area contributed by atoms with Crippen LogP contribution in [-0.4, -0.2) is 14.3 Å². The number of aryl methyl sites for hydroxylation is 1. The summed E-state index contributed by atoms with van der Waals surface area (Å²) in [5.74, 6) is 0.0205. The standard InChI is InChI=1S/C21H18Cl2N2O3S/c1-14-5-10-19(29(27,28)25-18-4-2-3-17(23)11-18)12-20(14)24-21(26)16-8-6-15(13-22)7-9-16/h2-12,25H,13H2,1H3,(H,24,26). The van der Waals surface area contributed by atoms with E-state index >= 15 is 0 Å². The van der Waals surface area contributed by atoms with Gasteiger partial charge in [0.25, 0.3) is 15.9 Å². The molecule has 0 aliphatic heterocycles. The minimum atomic E-state index is -3.85. The van der Waals surface area contributed by atoms with E-state index in [1.54, 1.807) is 55.5 Å². The van der Waals surface area contributed by atoms with Crippen LogP contribution >= 0.6 is 23.2 Å². The largest absolute Gasteiger partial charge is 0.322 e. The third-order valence-electron chi connectivity index (χ3n) is 4.21. The van der Waals surface area contributed by atoms with E-state index in [4.69, 9.17) is 23.2 Å². The van der Waals surface area contributed by atoms with Gasteiger partial charge in [0, 0.05) is 22.2 Å². The molecule has 0 saturated heterocycles. The van der Waals surface area contributed by atoms with Crippen molar-refractivity contribution >= 4 is 50.5 Å². The molecule has 0 saturated carbocycles. The van der Waals surface area contributed by atoms with Gasteiger partial charge in [-0.3, -0.25) is 9.52 Å². The Labute approximate surface area is 179 Å². The summed E-state index contributed by atoms with van der Waals surface area (Å²) in [6.07, 6.45) is 0. The predicted octanol–water partition coefficient (Wildman–Crippen LogP) is 5.44. The lowest BCUT2D eigenvalue weighted by Gasteiger charge is -2.13. The third kappa shape index (κ3) is 5.29. The molecule has 2 N–H and O–H groups in total. The molecule has 29 heavy (non-hydrogen) atoms. The van der Waals surface area contributed by atoms with Gasteiger partial charge in [0.2, 0.25) is 0 Å². The Morgan fingerprint density at radius 1 is 1.00 bits per heavy atom. The maximum absolute atomic E-state index is 12.7. The zero-order valence-corrected chi connectivity index (χ0v) is 17.8. The van der Waals surface area contributed by atoms with E-state index in [9.17, 15) is 13.2 Å². The van der Waals surface area contributed by atoms with E-state index in [-0.39, 0.29) is 10.8 Å². The summed E-state index contributed by atoms with van der Waals surface area (Å²) in [6.45, 7) is 1.78. The summed E-state index contributed by atoms with van der Waals surface area (Å²) in [5, 5.41) is 3.18. The molecule has 150 valence electrons. The number of carbonyl (C=O) groups excluding carboxylic acids is 1. The maximum atomic E-state index is 12.7. The van der Waals surface area contributed by atoms with E-state index in [1.165, 1.54) is 18.2 Å². The van der Waals surface area contributed by atoms with Crippen LogP contribution in [-0.2, 0) is 15.9 Å². The molecule has 0 atom stereocenters. The molecule has 8 heteroatoms. The summed E-state index contributed by atoms with van der Waals surface area (Å²) in [7, 11) is -3.85. The molecule has 0 aromatic heterocycles. The molecule has 0 spiro atoms. The number of sulfonamides is 1. The molecule has 0 fully saturated rings. The fourth-order valence-corrected chi connectivity index (χ4v) is 4.05. The third-order valence-corrected chi connectivity index (χ3v) is 6.14. The summed E-state index contributed by atoms with van der Waals surface area (Å²) in [5.41, 5.74) is 2.84. The fraction of sp³-hybridized carbons (Fsp3) is 0.0952. The number of benzene rings is 3. The van der Waals surface area contributed by atoms with Gasteiger partial charge >= 0.3 is 0 Å². The molecule has 0 radical (unpaired) electrons. The van der Waals surface area contributed by atoms with Crippen molar-refractivity contribution in [1.82, 2.24) is 0 Å². The van der Waals surface area contributed by atoms with E-state index in [0.717, 1.165) is 11.1 Å². The molecule has 0 aliphatic rings. The zero-order valence-electron chi connectivity index (χ0n) is 15.4. The van der Waals surface area contributed by atoms with Crippen molar-refractivity contribution in [3.05, 3.63) is 88.4 Å². The quantitative estimate of drug-likeness (QED) is 0.492. The van der Waals surface area contributed by atoms with Crippen molar-refractivity contribution in [1.29, 1.82) is 0 Å². The highest BCUT2D eigenvalue weighted by molar-refractivity contribution is 7.92. The monoisotopic (exact) mass is 448 g/mol. The average molecular weight is 449 g/mol.